The van der Waals surface area contributed by atoms with Crippen LogP contribution in [0.5, 0.6) is 0 Å². The number of carbonyl (C=O) groups excluding carboxylic acids is 1. The Labute approximate surface area is 151 Å². The van der Waals surface area contributed by atoms with Crippen LogP contribution in [0, 0.1) is 0 Å². The summed E-state index contributed by atoms with van der Waals surface area (Å²) in [5.74, 6) is -0.225. The highest BCUT2D eigenvalue weighted by molar-refractivity contribution is 6.31. The maximum absolute atomic E-state index is 12.4. The second kappa shape index (κ2) is 7.62. The number of nitrogens with zero attached hydrogens (tertiary/aromatic N) is 3. The highest BCUT2D eigenvalue weighted by atomic mass is 35.5. The van der Waals surface area contributed by atoms with Crippen LogP contribution in [-0.2, 0) is 4.79 Å². The Morgan fingerprint density at radius 2 is 2.12 bits per heavy atom. The summed E-state index contributed by atoms with van der Waals surface area (Å²) < 4.78 is 7.04. The molecule has 0 spiro atoms. The predicted octanol–water partition coefficient (Wildman–Crippen LogP) is 2.75. The van der Waals surface area contributed by atoms with E-state index in [2.05, 4.69) is 4.90 Å². The summed E-state index contributed by atoms with van der Waals surface area (Å²) in [7, 11) is 0. The number of amides is 1. The molecule has 1 fully saturated rings. The lowest BCUT2D eigenvalue weighted by atomic mass is 10.1. The number of carbonyl (C=O) groups is 1. The first-order chi connectivity index (χ1) is 12.0. The summed E-state index contributed by atoms with van der Waals surface area (Å²) in [6, 6.07) is 5.19. The molecule has 6 nitrogen and oxygen atoms in total. The largest absolute Gasteiger partial charge is 0.420 e. The Bertz CT molecular complexity index is 809. The number of likely N-dealkylation sites (N-methyl/N-ethyl adjacent to an activating group) is 1. The second-order valence-corrected chi connectivity index (χ2v) is 6.88. The first kappa shape index (κ1) is 18.0. The summed E-state index contributed by atoms with van der Waals surface area (Å²) in [5.41, 5.74) is 1.27. The van der Waals surface area contributed by atoms with Crippen LogP contribution < -0.4 is 5.76 Å². The second-order valence-electron chi connectivity index (χ2n) is 6.45. The zero-order valence-corrected chi connectivity index (χ0v) is 15.5. The molecule has 0 saturated carbocycles. The van der Waals surface area contributed by atoms with Gasteiger partial charge in [-0.25, -0.2) is 4.79 Å². The molecule has 0 N–H and O–H groups in total. The Morgan fingerprint density at radius 3 is 2.84 bits per heavy atom. The van der Waals surface area contributed by atoms with Gasteiger partial charge in [-0.3, -0.25) is 14.3 Å². The van der Waals surface area contributed by atoms with Crippen molar-refractivity contribution >= 4 is 28.6 Å². The number of fused-ring (bicyclic) bond motifs is 1. The number of aromatic nitrogens is 1. The third-order valence-corrected chi connectivity index (χ3v) is 5.13. The van der Waals surface area contributed by atoms with E-state index in [9.17, 15) is 9.59 Å². The molecule has 136 valence electrons. The van der Waals surface area contributed by atoms with Crippen LogP contribution in [0.1, 0.15) is 32.7 Å². The number of benzene rings is 1. The monoisotopic (exact) mass is 365 g/mol. The van der Waals surface area contributed by atoms with Crippen LogP contribution in [0.25, 0.3) is 11.1 Å². The van der Waals surface area contributed by atoms with Crippen LogP contribution in [0.15, 0.2) is 27.4 Å². The fraction of sp³-hybridized carbons (Fsp3) is 0.556. The van der Waals surface area contributed by atoms with Gasteiger partial charge in [0.2, 0.25) is 5.91 Å². The van der Waals surface area contributed by atoms with E-state index in [1.54, 1.807) is 22.8 Å². The van der Waals surface area contributed by atoms with Gasteiger partial charge in [0.25, 0.3) is 0 Å². The van der Waals surface area contributed by atoms with Gasteiger partial charge in [-0.05, 0) is 51.4 Å². The van der Waals surface area contributed by atoms with Gasteiger partial charge in [0, 0.05) is 24.7 Å². The van der Waals surface area contributed by atoms with Gasteiger partial charge in [-0.2, -0.15) is 0 Å². The molecular formula is C18H24ClN3O3. The van der Waals surface area contributed by atoms with Crippen molar-refractivity contribution < 1.29 is 9.21 Å². The molecule has 25 heavy (non-hydrogen) atoms. The Balaban J connectivity index is 1.80. The minimum absolute atomic E-state index is 0.00882. The molecule has 1 aliphatic heterocycles. The molecule has 1 saturated heterocycles. The van der Waals surface area contributed by atoms with Gasteiger partial charge in [0.05, 0.1) is 18.1 Å². The van der Waals surface area contributed by atoms with Gasteiger partial charge in [0.15, 0.2) is 5.58 Å². The maximum Gasteiger partial charge on any atom is 0.420 e. The van der Waals surface area contributed by atoms with Gasteiger partial charge in [0.1, 0.15) is 0 Å². The van der Waals surface area contributed by atoms with Crippen molar-refractivity contribution in [2.45, 2.75) is 32.7 Å². The highest BCUT2D eigenvalue weighted by Gasteiger charge is 2.27. The quantitative estimate of drug-likeness (QED) is 0.817. The van der Waals surface area contributed by atoms with Crippen molar-refractivity contribution in [3.8, 4) is 0 Å². The minimum Gasteiger partial charge on any atom is -0.408 e. The molecule has 0 unspecified atom stereocenters. The smallest absolute Gasteiger partial charge is 0.408 e. The number of hydrogen-bond donors (Lipinski definition) is 0. The molecule has 1 aromatic carbocycles. The predicted molar refractivity (Wildman–Crippen MR) is 98.1 cm³/mol. The average molecular weight is 366 g/mol. The van der Waals surface area contributed by atoms with Crippen LogP contribution in [0.2, 0.25) is 5.02 Å². The third-order valence-electron chi connectivity index (χ3n) is 4.90. The molecule has 1 aliphatic rings. The zero-order valence-electron chi connectivity index (χ0n) is 14.7. The fourth-order valence-electron chi connectivity index (χ4n) is 3.61. The molecule has 7 heteroatoms. The third kappa shape index (κ3) is 3.75. The number of piperidine rings is 1. The standard InChI is InChI=1S/C18H24ClN3O3/c1-3-21(4-2)17(23)12-20-9-5-6-14(11-20)22-15-10-13(19)7-8-16(15)25-18(22)24/h7-8,10,14H,3-6,9,11-12H2,1-2H3/t14-/m0/s1. The van der Waals surface area contributed by atoms with E-state index >= 15 is 0 Å². The van der Waals surface area contributed by atoms with Crippen LogP contribution in [-0.4, -0.2) is 53.0 Å². The number of halogens is 1. The van der Waals surface area contributed by atoms with Gasteiger partial charge < -0.3 is 9.32 Å². The van der Waals surface area contributed by atoms with Crippen molar-refractivity contribution in [2.75, 3.05) is 32.7 Å². The van der Waals surface area contributed by atoms with E-state index in [0.29, 0.717) is 23.7 Å². The summed E-state index contributed by atoms with van der Waals surface area (Å²) >= 11 is 6.09. The number of likely N-dealkylation sites (tertiary alicyclic amines) is 1. The fourth-order valence-corrected chi connectivity index (χ4v) is 3.77. The van der Waals surface area contributed by atoms with E-state index in [4.69, 9.17) is 16.0 Å². The van der Waals surface area contributed by atoms with Crippen LogP contribution >= 0.6 is 11.6 Å². The molecule has 2 aromatic rings. The molecule has 0 bridgehead atoms. The molecule has 3 rings (SSSR count). The normalized spacial score (nSPS) is 18.6. The van der Waals surface area contributed by atoms with Gasteiger partial charge in [-0.1, -0.05) is 11.6 Å². The Morgan fingerprint density at radius 1 is 1.36 bits per heavy atom. The molecule has 1 aromatic heterocycles. The van der Waals surface area contributed by atoms with Crippen LogP contribution in [0.4, 0.5) is 0 Å². The van der Waals surface area contributed by atoms with E-state index in [1.807, 2.05) is 18.7 Å². The molecular weight excluding hydrogens is 342 g/mol. The summed E-state index contributed by atoms with van der Waals surface area (Å²) in [6.45, 7) is 7.34. The van der Waals surface area contributed by atoms with Gasteiger partial charge >= 0.3 is 5.76 Å². The lowest BCUT2D eigenvalue weighted by Crippen LogP contribution is -2.45. The number of oxazole rings is 1. The SMILES string of the molecule is CCN(CC)C(=O)CN1CCC[C@H](n2c(=O)oc3ccc(Cl)cc32)C1. The van der Waals surface area contributed by atoms with Gasteiger partial charge in [-0.15, -0.1) is 0 Å². The minimum atomic E-state index is -0.362. The maximum atomic E-state index is 12.4. The zero-order chi connectivity index (χ0) is 18.0. The van der Waals surface area contributed by atoms with E-state index in [1.165, 1.54) is 0 Å². The van der Waals surface area contributed by atoms with E-state index < -0.39 is 0 Å². The van der Waals surface area contributed by atoms with Crippen LogP contribution in [0.3, 0.4) is 0 Å². The molecule has 1 atom stereocenters. The van der Waals surface area contributed by atoms with E-state index in [-0.39, 0.29) is 17.7 Å². The average Bonchev–Trinajstić information content (AvgIpc) is 2.91. The molecule has 1 amide bonds. The topological polar surface area (TPSA) is 58.7 Å². The summed E-state index contributed by atoms with van der Waals surface area (Å²) in [6.07, 6.45) is 1.83. The number of rotatable bonds is 5. The van der Waals surface area contributed by atoms with Crippen molar-refractivity contribution in [1.82, 2.24) is 14.4 Å². The lowest BCUT2D eigenvalue weighted by molar-refractivity contribution is -0.132. The Kier molecular flexibility index (Phi) is 5.49. The molecule has 2 heterocycles. The number of hydrogen-bond acceptors (Lipinski definition) is 4. The molecule has 0 radical (unpaired) electrons. The van der Waals surface area contributed by atoms with Crippen molar-refractivity contribution in [3.63, 3.8) is 0 Å². The molecule has 0 aliphatic carbocycles. The van der Waals surface area contributed by atoms with E-state index in [0.717, 1.165) is 38.0 Å². The van der Waals surface area contributed by atoms with Crippen molar-refractivity contribution in [1.29, 1.82) is 0 Å². The first-order valence-corrected chi connectivity index (χ1v) is 9.22. The van der Waals surface area contributed by atoms with Crippen molar-refractivity contribution in [3.05, 3.63) is 33.8 Å². The Hall–Kier alpha value is -1.79. The first-order valence-electron chi connectivity index (χ1n) is 8.84. The lowest BCUT2D eigenvalue weighted by Gasteiger charge is -2.33. The van der Waals surface area contributed by atoms with Crippen molar-refractivity contribution in [2.24, 2.45) is 0 Å². The summed E-state index contributed by atoms with van der Waals surface area (Å²) in [5, 5.41) is 0.575. The highest BCUT2D eigenvalue weighted by Crippen LogP contribution is 2.26. The summed E-state index contributed by atoms with van der Waals surface area (Å²) in [4.78, 5) is 28.7.